The summed E-state index contributed by atoms with van der Waals surface area (Å²) in [7, 11) is 1.56. The Morgan fingerprint density at radius 3 is 2.72 bits per heavy atom. The van der Waals surface area contributed by atoms with Gasteiger partial charge in [-0.1, -0.05) is 38.5 Å². The van der Waals surface area contributed by atoms with Crippen molar-refractivity contribution in [2.24, 2.45) is 5.92 Å². The molecular weight excluding hydrogens is 320 g/mol. The molecule has 0 aromatic heterocycles. The van der Waals surface area contributed by atoms with E-state index in [1.165, 1.54) is 0 Å². The molecule has 0 fully saturated rings. The number of rotatable bonds is 7. The van der Waals surface area contributed by atoms with Gasteiger partial charge in [0.25, 0.3) is 0 Å². The quantitative estimate of drug-likeness (QED) is 0.743. The molecule has 0 spiro atoms. The van der Waals surface area contributed by atoms with Gasteiger partial charge >= 0.3 is 12.0 Å². The van der Waals surface area contributed by atoms with Crippen molar-refractivity contribution in [3.8, 4) is 5.75 Å². The molecule has 6 nitrogen and oxygen atoms in total. The fraction of sp³-hybridized carbons (Fsp3) is 0.474. The molecule has 0 saturated carbocycles. The van der Waals surface area contributed by atoms with E-state index in [1.54, 1.807) is 20.1 Å². The van der Waals surface area contributed by atoms with Crippen LogP contribution in [-0.2, 0) is 9.53 Å². The van der Waals surface area contributed by atoms with Gasteiger partial charge in [-0.2, -0.15) is 0 Å². The number of nitrogens with one attached hydrogen (secondary N) is 2. The van der Waals surface area contributed by atoms with Gasteiger partial charge in [0, 0.05) is 11.3 Å². The molecule has 2 amide bonds. The Balaban J connectivity index is 2.29. The Labute approximate surface area is 148 Å². The predicted octanol–water partition coefficient (Wildman–Crippen LogP) is 3.30. The lowest BCUT2D eigenvalue weighted by Crippen LogP contribution is -2.45. The molecule has 2 N–H and O–H groups in total. The number of carbonyl (C=O) groups is 2. The van der Waals surface area contributed by atoms with Gasteiger partial charge < -0.3 is 20.1 Å². The van der Waals surface area contributed by atoms with Crippen LogP contribution in [0.3, 0.4) is 0 Å². The minimum absolute atomic E-state index is 0.297. The Kier molecular flexibility index (Phi) is 6.44. The third-order valence-electron chi connectivity index (χ3n) is 4.22. The average Bonchev–Trinajstić information content (AvgIpc) is 2.59. The first-order valence-electron chi connectivity index (χ1n) is 8.56. The lowest BCUT2D eigenvalue weighted by atomic mass is 9.95. The molecule has 2 atom stereocenters. The van der Waals surface area contributed by atoms with Gasteiger partial charge in [-0.15, -0.1) is 0 Å². The number of hydrogen-bond donors (Lipinski definition) is 2. The smallest absolute Gasteiger partial charge is 0.338 e. The minimum atomic E-state index is -0.612. The molecule has 1 heterocycles. The van der Waals surface area contributed by atoms with Crippen LogP contribution in [0, 0.1) is 5.92 Å². The van der Waals surface area contributed by atoms with Crippen LogP contribution in [0.1, 0.15) is 45.2 Å². The summed E-state index contributed by atoms with van der Waals surface area (Å²) < 4.78 is 10.9. The summed E-state index contributed by atoms with van der Waals surface area (Å²) >= 11 is 0. The van der Waals surface area contributed by atoms with Crippen molar-refractivity contribution >= 4 is 12.0 Å². The third kappa shape index (κ3) is 4.53. The van der Waals surface area contributed by atoms with Crippen LogP contribution in [0.2, 0.25) is 0 Å². The number of carbonyl (C=O) groups excluding carboxylic acids is 2. The van der Waals surface area contributed by atoms with E-state index in [4.69, 9.17) is 9.47 Å². The first kappa shape index (κ1) is 18.8. The van der Waals surface area contributed by atoms with Crippen LogP contribution in [0.25, 0.3) is 0 Å². The van der Waals surface area contributed by atoms with E-state index in [0.717, 1.165) is 12.8 Å². The van der Waals surface area contributed by atoms with Gasteiger partial charge in [-0.25, -0.2) is 9.59 Å². The molecule has 0 radical (unpaired) electrons. The molecular formula is C19H26N2O4. The minimum Gasteiger partial charge on any atom is -0.496 e. The van der Waals surface area contributed by atoms with Crippen molar-refractivity contribution in [2.45, 2.75) is 39.7 Å². The number of methoxy groups -OCH3 is 1. The SMILES string of the molecule is CCC[C@@H](C)COC(=O)C1=C(C)NC(=O)N[C@H]1c1ccccc1OC. The maximum Gasteiger partial charge on any atom is 0.338 e. The number of urea groups is 1. The molecule has 0 unspecified atom stereocenters. The topological polar surface area (TPSA) is 76.7 Å². The van der Waals surface area contributed by atoms with Gasteiger partial charge in [0.1, 0.15) is 5.75 Å². The van der Waals surface area contributed by atoms with Gasteiger partial charge in [-0.05, 0) is 25.3 Å². The zero-order chi connectivity index (χ0) is 18.4. The van der Waals surface area contributed by atoms with Crippen molar-refractivity contribution < 1.29 is 19.1 Å². The zero-order valence-electron chi connectivity index (χ0n) is 15.2. The average molecular weight is 346 g/mol. The number of esters is 1. The van der Waals surface area contributed by atoms with Crippen molar-refractivity contribution in [3.05, 3.63) is 41.1 Å². The number of ether oxygens (including phenoxy) is 2. The van der Waals surface area contributed by atoms with Crippen LogP contribution < -0.4 is 15.4 Å². The molecule has 0 saturated heterocycles. The monoisotopic (exact) mass is 346 g/mol. The highest BCUT2D eigenvalue weighted by molar-refractivity contribution is 5.95. The van der Waals surface area contributed by atoms with Crippen molar-refractivity contribution in [1.82, 2.24) is 10.6 Å². The molecule has 6 heteroatoms. The summed E-state index contributed by atoms with van der Waals surface area (Å²) in [6.45, 7) is 6.21. The standard InChI is InChI=1S/C19H26N2O4/c1-5-8-12(2)11-25-18(22)16-13(3)20-19(23)21-17(16)14-9-6-7-10-15(14)24-4/h6-7,9-10,12,17H,5,8,11H2,1-4H3,(H2,20,21,23)/t12-,17+/m1/s1. The number of allylic oxidation sites excluding steroid dienone is 1. The summed E-state index contributed by atoms with van der Waals surface area (Å²) in [5.41, 5.74) is 1.60. The van der Waals surface area contributed by atoms with Crippen molar-refractivity contribution in [1.29, 1.82) is 0 Å². The van der Waals surface area contributed by atoms with Gasteiger partial charge in [0.05, 0.1) is 25.3 Å². The fourth-order valence-corrected chi connectivity index (χ4v) is 2.97. The van der Waals surface area contributed by atoms with E-state index in [1.807, 2.05) is 18.2 Å². The second-order valence-corrected chi connectivity index (χ2v) is 6.30. The molecule has 136 valence electrons. The number of hydrogen-bond acceptors (Lipinski definition) is 4. The van der Waals surface area contributed by atoms with Crippen LogP contribution in [0.4, 0.5) is 4.79 Å². The number of amides is 2. The van der Waals surface area contributed by atoms with E-state index < -0.39 is 12.0 Å². The van der Waals surface area contributed by atoms with E-state index in [-0.39, 0.29) is 6.03 Å². The highest BCUT2D eigenvalue weighted by Crippen LogP contribution is 2.33. The van der Waals surface area contributed by atoms with Crippen LogP contribution >= 0.6 is 0 Å². The normalized spacial score (nSPS) is 18.2. The molecule has 1 aromatic rings. The summed E-state index contributed by atoms with van der Waals surface area (Å²) in [4.78, 5) is 24.6. The Morgan fingerprint density at radius 1 is 1.32 bits per heavy atom. The maximum atomic E-state index is 12.7. The predicted molar refractivity (Wildman–Crippen MR) is 95.1 cm³/mol. The Morgan fingerprint density at radius 2 is 2.04 bits per heavy atom. The zero-order valence-corrected chi connectivity index (χ0v) is 15.2. The summed E-state index contributed by atoms with van der Waals surface area (Å²) in [5, 5.41) is 5.44. The Bertz CT molecular complexity index is 669. The second kappa shape index (κ2) is 8.55. The first-order chi connectivity index (χ1) is 12.0. The largest absolute Gasteiger partial charge is 0.496 e. The lowest BCUT2D eigenvalue weighted by molar-refractivity contribution is -0.140. The van der Waals surface area contributed by atoms with E-state index in [0.29, 0.717) is 35.1 Å². The molecule has 1 aromatic carbocycles. The van der Waals surface area contributed by atoms with Gasteiger partial charge in [0.2, 0.25) is 0 Å². The molecule has 0 aliphatic carbocycles. The molecule has 25 heavy (non-hydrogen) atoms. The number of benzene rings is 1. The molecule has 1 aliphatic heterocycles. The number of para-hydroxylation sites is 1. The maximum absolute atomic E-state index is 12.7. The Hall–Kier alpha value is -2.50. The van der Waals surface area contributed by atoms with Crippen molar-refractivity contribution in [3.63, 3.8) is 0 Å². The second-order valence-electron chi connectivity index (χ2n) is 6.30. The molecule has 1 aliphatic rings. The van der Waals surface area contributed by atoms with Crippen LogP contribution in [0.5, 0.6) is 5.75 Å². The summed E-state index contributed by atoms with van der Waals surface area (Å²) in [6.07, 6.45) is 2.04. The van der Waals surface area contributed by atoms with Gasteiger partial charge in [0.15, 0.2) is 0 Å². The molecule has 0 bridgehead atoms. The lowest BCUT2D eigenvalue weighted by Gasteiger charge is -2.29. The summed E-state index contributed by atoms with van der Waals surface area (Å²) in [6, 6.07) is 6.34. The van der Waals surface area contributed by atoms with E-state index in [9.17, 15) is 9.59 Å². The van der Waals surface area contributed by atoms with Crippen molar-refractivity contribution in [2.75, 3.05) is 13.7 Å². The van der Waals surface area contributed by atoms with Gasteiger partial charge in [-0.3, -0.25) is 0 Å². The van der Waals surface area contributed by atoms with Crippen LogP contribution in [0.15, 0.2) is 35.5 Å². The third-order valence-corrected chi connectivity index (χ3v) is 4.22. The highest BCUT2D eigenvalue weighted by atomic mass is 16.5. The van der Waals surface area contributed by atoms with E-state index in [2.05, 4.69) is 24.5 Å². The molecule has 2 rings (SSSR count). The van der Waals surface area contributed by atoms with Crippen LogP contribution in [-0.4, -0.2) is 25.7 Å². The highest BCUT2D eigenvalue weighted by Gasteiger charge is 2.33. The first-order valence-corrected chi connectivity index (χ1v) is 8.56. The van der Waals surface area contributed by atoms with E-state index >= 15 is 0 Å². The summed E-state index contributed by atoms with van der Waals surface area (Å²) in [5.74, 6) is 0.474. The fourth-order valence-electron chi connectivity index (χ4n) is 2.97.